The first-order valence-electron chi connectivity index (χ1n) is 2.64. The maximum absolute atomic E-state index is 10.2. The van der Waals surface area contributed by atoms with Gasteiger partial charge in [-0.2, -0.15) is 0 Å². The van der Waals surface area contributed by atoms with Crippen LogP contribution < -0.4 is 5.73 Å². The van der Waals surface area contributed by atoms with Gasteiger partial charge in [-0.05, 0) is 13.3 Å². The Hall–Kier alpha value is -0.870. The third-order valence-electron chi connectivity index (χ3n) is 1.06. The average Bonchev–Trinajstić information content (AvgIpc) is 1.65. The molecule has 4 nitrogen and oxygen atoms in total. The normalized spacial score (nSPS) is 14.6. The fraction of sp³-hybridized carbons (Fsp3) is 0.500. The van der Waals surface area contributed by atoms with E-state index in [-0.39, 0.29) is 5.48 Å². The molecule has 0 radical (unpaired) electrons. The van der Waals surface area contributed by atoms with Crippen molar-refractivity contribution < 1.29 is 15.4 Å². The van der Waals surface area contributed by atoms with Gasteiger partial charge in [-0.15, -0.1) is 6.58 Å². The Bertz CT molecular complexity index is 131. The van der Waals surface area contributed by atoms with Crippen LogP contribution in [0.2, 0.25) is 0 Å². The minimum atomic E-state index is -1.15. The molecule has 1 atom stereocenters. The Morgan fingerprint density at radius 1 is 1.90 bits per heavy atom. The number of hydrogen-bond donors (Lipinski definition) is 2. The predicted molar refractivity (Wildman–Crippen MR) is 38.7 cm³/mol. The van der Waals surface area contributed by atoms with Gasteiger partial charge in [-0.1, -0.05) is 6.08 Å². The van der Waals surface area contributed by atoms with Gasteiger partial charge >= 0.3 is 5.97 Å². The van der Waals surface area contributed by atoms with Crippen LogP contribution in [0.25, 0.3) is 0 Å². The molecule has 0 unspecified atom stereocenters. The van der Waals surface area contributed by atoms with Gasteiger partial charge in [0.25, 0.3) is 0 Å². The molecule has 0 fully saturated rings. The summed E-state index contributed by atoms with van der Waals surface area (Å²) in [5.74, 6) is -0.998. The first kappa shape index (κ1) is 11.9. The Labute approximate surface area is 59.7 Å². The van der Waals surface area contributed by atoms with Crippen molar-refractivity contribution in [3.63, 3.8) is 0 Å². The summed E-state index contributed by atoms with van der Waals surface area (Å²) in [5.41, 5.74) is 4.15. The van der Waals surface area contributed by atoms with Crippen molar-refractivity contribution in [3.8, 4) is 0 Å². The van der Waals surface area contributed by atoms with Gasteiger partial charge in [0.1, 0.15) is 5.54 Å². The number of rotatable bonds is 3. The van der Waals surface area contributed by atoms with Crippen molar-refractivity contribution in [2.75, 3.05) is 0 Å². The highest BCUT2D eigenvalue weighted by molar-refractivity contribution is 5.78. The SMILES string of the molecule is C=CC[C@@](C)(N)C(=O)O.O. The quantitative estimate of drug-likeness (QED) is 0.529. The number of carboxylic acids is 1. The lowest BCUT2D eigenvalue weighted by Gasteiger charge is -2.15. The molecular weight excluding hydrogens is 134 g/mol. The first-order chi connectivity index (χ1) is 4.00. The smallest absolute Gasteiger partial charge is 0.323 e. The van der Waals surface area contributed by atoms with Crippen molar-refractivity contribution in [2.24, 2.45) is 5.73 Å². The molecule has 0 aliphatic rings. The van der Waals surface area contributed by atoms with Gasteiger partial charge in [0.15, 0.2) is 0 Å². The van der Waals surface area contributed by atoms with Gasteiger partial charge in [0.05, 0.1) is 0 Å². The molecule has 4 heteroatoms. The van der Waals surface area contributed by atoms with Gasteiger partial charge in [-0.3, -0.25) is 4.79 Å². The first-order valence-corrected chi connectivity index (χ1v) is 2.64. The van der Waals surface area contributed by atoms with Crippen LogP contribution in [0.1, 0.15) is 13.3 Å². The third kappa shape index (κ3) is 3.21. The molecule has 0 aliphatic heterocycles. The summed E-state index contributed by atoms with van der Waals surface area (Å²) in [5, 5.41) is 8.40. The fourth-order valence-corrected chi connectivity index (χ4v) is 0.387. The zero-order valence-electron chi connectivity index (χ0n) is 5.92. The molecule has 0 aromatic carbocycles. The summed E-state index contributed by atoms with van der Waals surface area (Å²) < 4.78 is 0. The standard InChI is InChI=1S/C6H11NO2.H2O/c1-3-4-6(2,7)5(8)9;/h3H,1,4,7H2,2H3,(H,8,9);1H2/t6-;/m1./s1. The van der Waals surface area contributed by atoms with Crippen molar-refractivity contribution in [1.29, 1.82) is 0 Å². The minimum Gasteiger partial charge on any atom is -0.480 e. The molecule has 10 heavy (non-hydrogen) atoms. The van der Waals surface area contributed by atoms with Gasteiger partial charge in [-0.25, -0.2) is 0 Å². The molecule has 0 heterocycles. The second-order valence-corrected chi connectivity index (χ2v) is 2.22. The van der Waals surface area contributed by atoms with E-state index in [0.29, 0.717) is 6.42 Å². The number of carbonyl (C=O) groups is 1. The maximum atomic E-state index is 10.2. The highest BCUT2D eigenvalue weighted by atomic mass is 16.4. The summed E-state index contributed by atoms with van der Waals surface area (Å²) in [6.45, 7) is 4.84. The van der Waals surface area contributed by atoms with Crippen LogP contribution in [0.3, 0.4) is 0 Å². The minimum absolute atomic E-state index is 0. The molecule has 0 aliphatic carbocycles. The molecule has 0 spiro atoms. The lowest BCUT2D eigenvalue weighted by Crippen LogP contribution is -2.44. The molecule has 60 valence electrons. The van der Waals surface area contributed by atoms with Crippen LogP contribution in [0, 0.1) is 0 Å². The van der Waals surface area contributed by atoms with E-state index in [0.717, 1.165) is 0 Å². The van der Waals surface area contributed by atoms with E-state index < -0.39 is 11.5 Å². The predicted octanol–water partition coefficient (Wildman–Crippen LogP) is -0.460. The summed E-state index contributed by atoms with van der Waals surface area (Å²) in [6, 6.07) is 0. The fourth-order valence-electron chi connectivity index (χ4n) is 0.387. The molecule has 0 rings (SSSR count). The summed E-state index contributed by atoms with van der Waals surface area (Å²) in [7, 11) is 0. The number of hydrogen-bond acceptors (Lipinski definition) is 2. The number of carboxylic acid groups (broad SMARTS) is 1. The highest BCUT2D eigenvalue weighted by Gasteiger charge is 2.25. The van der Waals surface area contributed by atoms with E-state index in [2.05, 4.69) is 6.58 Å². The number of aliphatic carboxylic acids is 1. The second-order valence-electron chi connectivity index (χ2n) is 2.22. The van der Waals surface area contributed by atoms with E-state index in [9.17, 15) is 4.79 Å². The Morgan fingerprint density at radius 3 is 2.40 bits per heavy atom. The lowest BCUT2D eigenvalue weighted by atomic mass is 10.0. The summed E-state index contributed by atoms with van der Waals surface area (Å²) in [6.07, 6.45) is 1.79. The van der Waals surface area contributed by atoms with E-state index >= 15 is 0 Å². The van der Waals surface area contributed by atoms with Gasteiger partial charge in [0.2, 0.25) is 0 Å². The molecule has 0 bridgehead atoms. The van der Waals surface area contributed by atoms with Crippen LogP contribution in [0.15, 0.2) is 12.7 Å². The van der Waals surface area contributed by atoms with E-state index in [1.165, 1.54) is 13.0 Å². The topological polar surface area (TPSA) is 94.8 Å². The Kier molecular flexibility index (Phi) is 4.78. The molecule has 0 saturated heterocycles. The monoisotopic (exact) mass is 147 g/mol. The van der Waals surface area contributed by atoms with Gasteiger partial charge in [0, 0.05) is 0 Å². The molecule has 0 saturated carbocycles. The zero-order chi connectivity index (χ0) is 7.49. The molecule has 0 aromatic rings. The van der Waals surface area contributed by atoms with Crippen LogP contribution in [0.4, 0.5) is 0 Å². The van der Waals surface area contributed by atoms with E-state index in [4.69, 9.17) is 10.8 Å². The van der Waals surface area contributed by atoms with Crippen molar-refractivity contribution in [3.05, 3.63) is 12.7 Å². The second kappa shape index (κ2) is 4.03. The highest BCUT2D eigenvalue weighted by Crippen LogP contribution is 2.04. The van der Waals surface area contributed by atoms with Crippen LogP contribution in [-0.2, 0) is 4.79 Å². The average molecular weight is 147 g/mol. The van der Waals surface area contributed by atoms with Gasteiger partial charge < -0.3 is 16.3 Å². The lowest BCUT2D eigenvalue weighted by molar-refractivity contribution is -0.142. The van der Waals surface area contributed by atoms with Crippen LogP contribution >= 0.6 is 0 Å². The van der Waals surface area contributed by atoms with Crippen molar-refractivity contribution in [2.45, 2.75) is 18.9 Å². The maximum Gasteiger partial charge on any atom is 0.323 e. The Morgan fingerprint density at radius 2 is 2.30 bits per heavy atom. The zero-order valence-corrected chi connectivity index (χ0v) is 5.92. The van der Waals surface area contributed by atoms with Crippen LogP contribution in [0.5, 0.6) is 0 Å². The van der Waals surface area contributed by atoms with Crippen LogP contribution in [-0.4, -0.2) is 22.1 Å². The van der Waals surface area contributed by atoms with Crippen molar-refractivity contribution >= 4 is 5.97 Å². The van der Waals surface area contributed by atoms with E-state index in [1.54, 1.807) is 0 Å². The van der Waals surface area contributed by atoms with Crippen molar-refractivity contribution in [1.82, 2.24) is 0 Å². The summed E-state index contributed by atoms with van der Waals surface area (Å²) in [4.78, 5) is 10.2. The largest absolute Gasteiger partial charge is 0.480 e. The molecule has 0 amide bonds. The number of nitrogens with two attached hydrogens (primary N) is 1. The third-order valence-corrected chi connectivity index (χ3v) is 1.06. The summed E-state index contributed by atoms with van der Waals surface area (Å²) >= 11 is 0. The molecule has 5 N–H and O–H groups in total. The molecular formula is C6H13NO3. The van der Waals surface area contributed by atoms with E-state index in [1.807, 2.05) is 0 Å². The molecule has 0 aromatic heterocycles. The Balaban J connectivity index is 0.